The van der Waals surface area contributed by atoms with E-state index < -0.39 is 21.8 Å². The molecule has 1 aliphatic rings. The molecule has 0 amide bonds. The fraction of sp³-hybridized carbons (Fsp3) is 0.600. The van der Waals surface area contributed by atoms with Gasteiger partial charge in [0, 0.05) is 0 Å². The van der Waals surface area contributed by atoms with Crippen molar-refractivity contribution >= 4 is 73.1 Å². The molecule has 1 aliphatic carbocycles. The van der Waals surface area contributed by atoms with Gasteiger partial charge in [0.1, 0.15) is 0 Å². The van der Waals surface area contributed by atoms with Gasteiger partial charge in [0.15, 0.2) is 0 Å². The fourth-order valence-electron chi connectivity index (χ4n) is 0.589. The van der Waals surface area contributed by atoms with E-state index in [0.717, 1.165) is 0 Å². The number of halogens is 12. The van der Waals surface area contributed by atoms with Gasteiger partial charge in [0.05, 0.1) is 0 Å². The maximum atomic E-state index is 9.75. The molecule has 0 heterocycles. The Labute approximate surface area is 155 Å². The van der Waals surface area contributed by atoms with Crippen molar-refractivity contribution in [3.05, 3.63) is 12.2 Å². The van der Waals surface area contributed by atoms with Gasteiger partial charge in [0.2, 0.25) is 0 Å². The number of hydrogen-bond donors (Lipinski definition) is 0. The SMILES string of the molecule is C1=CCCC1.F[B-](F)(F)F.F[B-](F)(F)F.F[B-](F)(F)F.[KH]. The second-order valence-corrected chi connectivity index (χ2v) is 2.89. The third-order valence-corrected chi connectivity index (χ3v) is 0.908. The zero-order valence-electron chi connectivity index (χ0n) is 9.54. The molecule has 1 rings (SSSR count). The van der Waals surface area contributed by atoms with Gasteiger partial charge in [-0.3, -0.25) is 0 Å². The second kappa shape index (κ2) is 14.3. The quantitative estimate of drug-likeness (QED) is 0.321. The molecule has 0 aliphatic heterocycles. The van der Waals surface area contributed by atoms with E-state index in [1.807, 2.05) is 0 Å². The number of rotatable bonds is 0. The average molecular weight is 369 g/mol. The Hall–Kier alpha value is 0.731. The van der Waals surface area contributed by atoms with Crippen LogP contribution in [0.25, 0.3) is 0 Å². The Morgan fingerprint density at radius 3 is 0.667 bits per heavy atom. The van der Waals surface area contributed by atoms with Crippen molar-refractivity contribution in [1.29, 1.82) is 0 Å². The maximum absolute atomic E-state index is 9.75. The van der Waals surface area contributed by atoms with E-state index in [-0.39, 0.29) is 51.4 Å². The van der Waals surface area contributed by atoms with Gasteiger partial charge >= 0.3 is 73.1 Å². The van der Waals surface area contributed by atoms with Crippen LogP contribution in [0, 0.1) is 0 Å². The van der Waals surface area contributed by atoms with Crippen LogP contribution >= 0.6 is 0 Å². The summed E-state index contributed by atoms with van der Waals surface area (Å²) >= 11 is 0. The predicted molar refractivity (Wildman–Crippen MR) is 60.7 cm³/mol. The third-order valence-electron chi connectivity index (χ3n) is 0.908. The third kappa shape index (κ3) is 221. The summed E-state index contributed by atoms with van der Waals surface area (Å²) in [6.07, 6.45) is 8.50. The molecule has 0 fully saturated rings. The van der Waals surface area contributed by atoms with Crippen LogP contribution in [0.3, 0.4) is 0 Å². The molecule has 0 spiro atoms. The zero-order chi connectivity index (χ0) is 17.0. The molecule has 16 heteroatoms. The van der Waals surface area contributed by atoms with Crippen molar-refractivity contribution in [3.8, 4) is 0 Å². The molecule has 0 aromatic heterocycles. The first-order valence-electron chi connectivity index (χ1n) is 4.77. The van der Waals surface area contributed by atoms with E-state index in [0.29, 0.717) is 0 Å². The molecule has 21 heavy (non-hydrogen) atoms. The van der Waals surface area contributed by atoms with Gasteiger partial charge in [-0.1, -0.05) is 12.2 Å². The van der Waals surface area contributed by atoms with Crippen LogP contribution in [0.15, 0.2) is 12.2 Å². The minimum absolute atomic E-state index is 0. The topological polar surface area (TPSA) is 0 Å². The van der Waals surface area contributed by atoms with Gasteiger partial charge in [-0.25, -0.2) is 0 Å². The Bertz CT molecular complexity index is 192. The summed E-state index contributed by atoms with van der Waals surface area (Å²) in [7, 11) is -18.0. The van der Waals surface area contributed by atoms with Crippen molar-refractivity contribution in [2.24, 2.45) is 0 Å². The van der Waals surface area contributed by atoms with E-state index in [1.165, 1.54) is 19.3 Å². The zero-order valence-corrected chi connectivity index (χ0v) is 9.54. The van der Waals surface area contributed by atoms with Gasteiger partial charge in [-0.2, -0.15) is 0 Å². The molecule has 0 saturated carbocycles. The van der Waals surface area contributed by atoms with Gasteiger partial charge in [-0.05, 0) is 19.3 Å². The van der Waals surface area contributed by atoms with Crippen molar-refractivity contribution < 1.29 is 51.8 Å². The molecule has 0 aromatic carbocycles. The van der Waals surface area contributed by atoms with Crippen molar-refractivity contribution in [2.75, 3.05) is 0 Å². The molecular weight excluding hydrogens is 360 g/mol. The van der Waals surface area contributed by atoms with Crippen molar-refractivity contribution in [1.82, 2.24) is 0 Å². The fourth-order valence-corrected chi connectivity index (χ4v) is 0.589. The first-order valence-corrected chi connectivity index (χ1v) is 4.77. The molecule has 0 bridgehead atoms. The molecule has 126 valence electrons. The molecule has 0 unspecified atom stereocenters. The van der Waals surface area contributed by atoms with E-state index in [4.69, 9.17) is 0 Å². The van der Waals surface area contributed by atoms with E-state index in [2.05, 4.69) is 12.2 Å². The van der Waals surface area contributed by atoms with E-state index in [9.17, 15) is 51.8 Å². The summed E-state index contributed by atoms with van der Waals surface area (Å²) in [5.41, 5.74) is 0. The van der Waals surface area contributed by atoms with E-state index in [1.54, 1.807) is 0 Å². The summed E-state index contributed by atoms with van der Waals surface area (Å²) in [6.45, 7) is 0. The van der Waals surface area contributed by atoms with Gasteiger partial charge < -0.3 is 51.8 Å². The van der Waals surface area contributed by atoms with Gasteiger partial charge in [0.25, 0.3) is 0 Å². The Balaban J connectivity index is -0.0000000903. The number of hydrogen-bond acceptors (Lipinski definition) is 0. The summed E-state index contributed by atoms with van der Waals surface area (Å²) in [6, 6.07) is 0. The normalized spacial score (nSPS) is 13.5. The van der Waals surface area contributed by atoms with Crippen LogP contribution in [-0.2, 0) is 0 Å². The standard InChI is InChI=1S/C5H8.3BF4.K.H/c1-2-4-5-3-1;3*2-1(3,4)5;;/h1-2H,3-5H2;;;;;/q;3*-1;;. The first-order chi connectivity index (χ1) is 8.50. The molecule has 0 radical (unpaired) electrons. The number of allylic oxidation sites excluding steroid dienone is 2. The molecule has 0 aromatic rings. The Kier molecular flexibility index (Phi) is 20.3. The monoisotopic (exact) mass is 369 g/mol. The van der Waals surface area contributed by atoms with Crippen LogP contribution in [0.2, 0.25) is 0 Å². The van der Waals surface area contributed by atoms with Crippen molar-refractivity contribution in [3.63, 3.8) is 0 Å². The average Bonchev–Trinajstić information content (AvgIpc) is 2.45. The summed E-state index contributed by atoms with van der Waals surface area (Å²) in [5.74, 6) is 0. The summed E-state index contributed by atoms with van der Waals surface area (Å²) in [5, 5.41) is 0. The predicted octanol–water partition coefficient (Wildman–Crippen LogP) is 4.98. The summed E-state index contributed by atoms with van der Waals surface area (Å²) < 4.78 is 117. The molecule has 0 atom stereocenters. The van der Waals surface area contributed by atoms with E-state index >= 15 is 0 Å². The Morgan fingerprint density at radius 2 is 0.619 bits per heavy atom. The molecule has 0 saturated heterocycles. The van der Waals surface area contributed by atoms with Crippen LogP contribution in [0.1, 0.15) is 19.3 Å². The molecular formula is C5H9B3F12K-3. The van der Waals surface area contributed by atoms with Crippen LogP contribution in [0.5, 0.6) is 0 Å². The molecule has 0 nitrogen and oxygen atoms in total. The van der Waals surface area contributed by atoms with Crippen molar-refractivity contribution in [2.45, 2.75) is 19.3 Å². The van der Waals surface area contributed by atoms with Crippen LogP contribution < -0.4 is 0 Å². The Morgan fingerprint density at radius 1 is 0.476 bits per heavy atom. The second-order valence-electron chi connectivity index (χ2n) is 2.89. The summed E-state index contributed by atoms with van der Waals surface area (Å²) in [4.78, 5) is 0. The van der Waals surface area contributed by atoms with Crippen LogP contribution in [0.4, 0.5) is 51.8 Å². The first kappa shape index (κ1) is 29.7. The molecule has 0 N–H and O–H groups in total. The van der Waals surface area contributed by atoms with Crippen LogP contribution in [-0.4, -0.2) is 73.1 Å². The van der Waals surface area contributed by atoms with Gasteiger partial charge in [-0.15, -0.1) is 0 Å². The minimum atomic E-state index is -6.00.